The van der Waals surface area contributed by atoms with Gasteiger partial charge in [-0.15, -0.1) is 11.3 Å². The summed E-state index contributed by atoms with van der Waals surface area (Å²) >= 11 is 14.0. The Labute approximate surface area is 230 Å². The number of halogens is 2. The van der Waals surface area contributed by atoms with Gasteiger partial charge in [0.1, 0.15) is 12.3 Å². The van der Waals surface area contributed by atoms with E-state index in [2.05, 4.69) is 4.90 Å². The first kappa shape index (κ1) is 26.2. The van der Waals surface area contributed by atoms with E-state index in [1.807, 2.05) is 60.0 Å². The van der Waals surface area contributed by atoms with Gasteiger partial charge >= 0.3 is 0 Å². The van der Waals surface area contributed by atoms with Crippen molar-refractivity contribution in [1.82, 2.24) is 9.80 Å². The van der Waals surface area contributed by atoms with E-state index in [0.29, 0.717) is 40.7 Å². The molecule has 2 N–H and O–H groups in total. The Bertz CT molecular complexity index is 1260. The molecule has 3 heterocycles. The first-order chi connectivity index (χ1) is 17.8. The van der Waals surface area contributed by atoms with Crippen LogP contribution in [0.15, 0.2) is 66.0 Å². The molecule has 0 aliphatic carbocycles. The number of hydrogen-bond acceptors (Lipinski definition) is 5. The zero-order valence-corrected chi connectivity index (χ0v) is 22.7. The largest absolute Gasteiger partial charge is 0.369 e. The van der Waals surface area contributed by atoms with Crippen LogP contribution in [0.3, 0.4) is 0 Å². The monoisotopic (exact) mass is 557 g/mol. The highest BCUT2D eigenvalue weighted by Gasteiger charge is 2.45. The molecule has 37 heavy (non-hydrogen) atoms. The van der Waals surface area contributed by atoms with E-state index in [1.54, 1.807) is 11.0 Å². The third-order valence-corrected chi connectivity index (χ3v) is 9.34. The molecule has 9 heteroatoms. The molecule has 0 unspecified atom stereocenters. The number of piperidine rings is 1. The van der Waals surface area contributed by atoms with E-state index < -0.39 is 11.0 Å². The number of likely N-dealkylation sites (tertiary alicyclic amines) is 1. The molecular formula is C28H29Cl2N3O3S. The van der Waals surface area contributed by atoms with Crippen LogP contribution in [0.4, 0.5) is 0 Å². The van der Waals surface area contributed by atoms with Crippen LogP contribution in [-0.4, -0.2) is 54.5 Å². The number of carbonyl (C=O) groups excluding carboxylic acids is 2. The Morgan fingerprint density at radius 3 is 2.38 bits per heavy atom. The molecule has 194 valence electrons. The summed E-state index contributed by atoms with van der Waals surface area (Å²) in [6.45, 7) is 2.85. The second-order valence-corrected chi connectivity index (χ2v) is 11.5. The highest BCUT2D eigenvalue weighted by molar-refractivity contribution is 7.12. The van der Waals surface area contributed by atoms with Crippen molar-refractivity contribution < 1.29 is 14.3 Å². The predicted octanol–water partition coefficient (Wildman–Crippen LogP) is 5.29. The van der Waals surface area contributed by atoms with Crippen LogP contribution in [0.25, 0.3) is 0 Å². The summed E-state index contributed by atoms with van der Waals surface area (Å²) in [7, 11) is 0. The second-order valence-electron chi connectivity index (χ2n) is 9.78. The molecule has 2 saturated heterocycles. The minimum absolute atomic E-state index is 0.0380. The molecule has 2 amide bonds. The van der Waals surface area contributed by atoms with Crippen molar-refractivity contribution in [3.63, 3.8) is 0 Å². The predicted molar refractivity (Wildman–Crippen MR) is 147 cm³/mol. The molecule has 1 aromatic heterocycles. The standard InChI is InChI=1S/C28H29Cl2N3O3S/c29-22-9-8-21(17-23(22)30)28(18-33(19-36-28)25(34)24-7-4-16-37-24)12-15-32-13-10-27(11-14-32,26(31)35)20-5-2-1-3-6-20/h1-9,16-17H,10-15,18-19H2,(H2,31,35)/t28-/m0/s1. The summed E-state index contributed by atoms with van der Waals surface area (Å²) < 4.78 is 6.40. The molecule has 2 aromatic carbocycles. The second kappa shape index (κ2) is 10.8. The Morgan fingerprint density at radius 2 is 1.73 bits per heavy atom. The zero-order chi connectivity index (χ0) is 26.0. The number of primary amides is 1. The summed E-state index contributed by atoms with van der Waals surface area (Å²) in [5.41, 5.74) is 6.45. The number of nitrogens with two attached hydrogens (primary N) is 1. The number of thiophene rings is 1. The molecule has 1 atom stereocenters. The van der Waals surface area contributed by atoms with E-state index in [4.69, 9.17) is 33.7 Å². The first-order valence-corrected chi connectivity index (χ1v) is 14.0. The average molecular weight is 559 g/mol. The molecule has 6 nitrogen and oxygen atoms in total. The van der Waals surface area contributed by atoms with Gasteiger partial charge in [0, 0.05) is 6.54 Å². The smallest absolute Gasteiger partial charge is 0.265 e. The van der Waals surface area contributed by atoms with E-state index >= 15 is 0 Å². The van der Waals surface area contributed by atoms with Gasteiger partial charge in [-0.05, 0) is 67.1 Å². The number of nitrogens with zero attached hydrogens (tertiary/aromatic N) is 2. The van der Waals surface area contributed by atoms with Gasteiger partial charge in [-0.1, -0.05) is 65.7 Å². The molecule has 0 radical (unpaired) electrons. The van der Waals surface area contributed by atoms with Gasteiger partial charge in [-0.2, -0.15) is 0 Å². The van der Waals surface area contributed by atoms with Gasteiger partial charge in [-0.25, -0.2) is 0 Å². The van der Waals surface area contributed by atoms with Gasteiger partial charge in [0.2, 0.25) is 5.91 Å². The lowest BCUT2D eigenvalue weighted by Crippen LogP contribution is -2.50. The SMILES string of the molecule is NC(=O)C1(c2ccccc2)CCN(CC[C@@]2(c3ccc(Cl)c(Cl)c3)CN(C(=O)c3cccs3)CO2)CC1. The summed E-state index contributed by atoms with van der Waals surface area (Å²) in [4.78, 5) is 30.4. The van der Waals surface area contributed by atoms with Crippen LogP contribution >= 0.6 is 34.5 Å². The summed E-state index contributed by atoms with van der Waals surface area (Å²) in [5, 5.41) is 2.83. The molecule has 0 spiro atoms. The Kier molecular flexibility index (Phi) is 7.61. The molecule has 0 saturated carbocycles. The number of amides is 2. The summed E-state index contributed by atoms with van der Waals surface area (Å²) in [6, 6.07) is 19.1. The lowest BCUT2D eigenvalue weighted by atomic mass is 9.72. The minimum atomic E-state index is -0.710. The lowest BCUT2D eigenvalue weighted by Gasteiger charge is -2.41. The maximum absolute atomic E-state index is 13.1. The van der Waals surface area contributed by atoms with Crippen LogP contribution in [0, 0.1) is 0 Å². The van der Waals surface area contributed by atoms with Crippen LogP contribution in [0.5, 0.6) is 0 Å². The number of benzene rings is 2. The number of rotatable bonds is 7. The fraction of sp³-hybridized carbons (Fsp3) is 0.357. The quantitative estimate of drug-likeness (QED) is 0.428. The molecule has 2 aliphatic rings. The van der Waals surface area contributed by atoms with Crippen molar-refractivity contribution >= 4 is 46.4 Å². The number of carbonyl (C=O) groups is 2. The van der Waals surface area contributed by atoms with E-state index in [9.17, 15) is 9.59 Å². The molecular weight excluding hydrogens is 529 g/mol. The topological polar surface area (TPSA) is 75.9 Å². The molecule has 2 fully saturated rings. The fourth-order valence-corrected chi connectivity index (χ4v) is 6.46. The first-order valence-electron chi connectivity index (χ1n) is 12.3. The fourth-order valence-electron chi connectivity index (χ4n) is 5.47. The third-order valence-electron chi connectivity index (χ3n) is 7.75. The Hall–Kier alpha value is -2.42. The molecule has 2 aliphatic heterocycles. The highest BCUT2D eigenvalue weighted by Crippen LogP contribution is 2.40. The van der Waals surface area contributed by atoms with Gasteiger partial charge in [0.15, 0.2) is 0 Å². The Morgan fingerprint density at radius 1 is 0.973 bits per heavy atom. The number of ether oxygens (including phenoxy) is 1. The van der Waals surface area contributed by atoms with Crippen molar-refractivity contribution in [3.05, 3.63) is 92.1 Å². The van der Waals surface area contributed by atoms with Gasteiger partial charge in [-0.3, -0.25) is 9.59 Å². The van der Waals surface area contributed by atoms with Crippen LogP contribution in [0.1, 0.15) is 40.1 Å². The van der Waals surface area contributed by atoms with E-state index in [1.165, 1.54) is 11.3 Å². The van der Waals surface area contributed by atoms with Crippen LogP contribution in [-0.2, 0) is 20.5 Å². The van der Waals surface area contributed by atoms with Gasteiger partial charge < -0.3 is 20.3 Å². The van der Waals surface area contributed by atoms with Crippen molar-refractivity contribution in [3.8, 4) is 0 Å². The third kappa shape index (κ3) is 5.16. The van der Waals surface area contributed by atoms with Crippen LogP contribution in [0.2, 0.25) is 10.0 Å². The summed E-state index contributed by atoms with van der Waals surface area (Å²) in [6.07, 6.45) is 1.99. The lowest BCUT2D eigenvalue weighted by molar-refractivity contribution is -0.125. The molecule has 0 bridgehead atoms. The van der Waals surface area contributed by atoms with E-state index in [-0.39, 0.29) is 18.5 Å². The summed E-state index contributed by atoms with van der Waals surface area (Å²) in [5.74, 6) is -0.309. The maximum atomic E-state index is 13.1. The highest BCUT2D eigenvalue weighted by atomic mass is 35.5. The van der Waals surface area contributed by atoms with Crippen molar-refractivity contribution in [1.29, 1.82) is 0 Å². The van der Waals surface area contributed by atoms with Crippen molar-refractivity contribution in [2.24, 2.45) is 5.73 Å². The molecule has 5 rings (SSSR count). The van der Waals surface area contributed by atoms with Crippen molar-refractivity contribution in [2.75, 3.05) is 32.9 Å². The maximum Gasteiger partial charge on any atom is 0.265 e. The normalized spacial score (nSPS) is 21.7. The van der Waals surface area contributed by atoms with Crippen LogP contribution < -0.4 is 5.73 Å². The average Bonchev–Trinajstić information content (AvgIpc) is 3.61. The van der Waals surface area contributed by atoms with E-state index in [0.717, 1.165) is 30.8 Å². The minimum Gasteiger partial charge on any atom is -0.369 e. The Balaban J connectivity index is 1.32. The van der Waals surface area contributed by atoms with Crippen molar-refractivity contribution in [2.45, 2.75) is 30.3 Å². The van der Waals surface area contributed by atoms with Gasteiger partial charge in [0.05, 0.1) is 26.9 Å². The molecule has 3 aromatic rings. The zero-order valence-electron chi connectivity index (χ0n) is 20.4. The number of hydrogen-bond donors (Lipinski definition) is 1. The van der Waals surface area contributed by atoms with Gasteiger partial charge in [0.25, 0.3) is 5.91 Å².